The molecule has 1 atom stereocenters. The first kappa shape index (κ1) is 20.0. The van der Waals surface area contributed by atoms with Crippen LogP contribution in [-0.2, 0) is 4.79 Å². The van der Waals surface area contributed by atoms with Crippen molar-refractivity contribution in [3.8, 4) is 11.8 Å². The number of nitrogens with one attached hydrogen (secondary N) is 1. The molecule has 1 aliphatic rings. The highest BCUT2D eigenvalue weighted by Gasteiger charge is 2.38. The lowest BCUT2D eigenvalue weighted by atomic mass is 9.71. The van der Waals surface area contributed by atoms with E-state index in [-0.39, 0.29) is 11.3 Å². The Hall–Kier alpha value is -2.74. The first-order valence-corrected chi connectivity index (χ1v) is 9.85. The topological polar surface area (TPSA) is 86.2 Å². The predicted molar refractivity (Wildman–Crippen MR) is 109 cm³/mol. The summed E-state index contributed by atoms with van der Waals surface area (Å²) in [4.78, 5) is 23.7. The Bertz CT molecular complexity index is 916. The molecule has 1 aliphatic carbocycles. The molecular formula is C20H24N4O3S. The lowest BCUT2D eigenvalue weighted by Crippen LogP contribution is -2.27. The molecule has 28 heavy (non-hydrogen) atoms. The van der Waals surface area contributed by atoms with Crippen LogP contribution < -0.4 is 14.8 Å². The summed E-state index contributed by atoms with van der Waals surface area (Å²) in [6.45, 7) is 8.60. The zero-order valence-corrected chi connectivity index (χ0v) is 17.5. The van der Waals surface area contributed by atoms with Crippen molar-refractivity contribution in [3.05, 3.63) is 40.9 Å². The summed E-state index contributed by atoms with van der Waals surface area (Å²) in [5.74, 6) is 1.47. The monoisotopic (exact) mass is 400 g/mol. The van der Waals surface area contributed by atoms with E-state index in [0.29, 0.717) is 23.3 Å². The molecule has 7 nitrogen and oxygen atoms in total. The Morgan fingerprint density at radius 1 is 1.32 bits per heavy atom. The molecule has 0 saturated carbocycles. The molecule has 1 unspecified atom stereocenters. The SMILES string of the molecule is COc1cnc(OC2=CCC(C)=C(c3csc(NC=O)n3)C(C)(C)C2C)nc1. The molecule has 1 amide bonds. The van der Waals surface area contributed by atoms with E-state index in [1.165, 1.54) is 22.5 Å². The van der Waals surface area contributed by atoms with Gasteiger partial charge in [0.25, 0.3) is 0 Å². The normalized spacial score (nSPS) is 18.9. The third kappa shape index (κ3) is 3.91. The number of amides is 1. The van der Waals surface area contributed by atoms with Crippen LogP contribution in [0.1, 0.15) is 39.8 Å². The third-order valence-corrected chi connectivity index (χ3v) is 5.96. The maximum absolute atomic E-state index is 10.7. The minimum absolute atomic E-state index is 0.0647. The third-order valence-electron chi connectivity index (χ3n) is 5.18. The van der Waals surface area contributed by atoms with Crippen LogP contribution in [-0.4, -0.2) is 28.5 Å². The Morgan fingerprint density at radius 2 is 2.04 bits per heavy atom. The lowest BCUT2D eigenvalue weighted by molar-refractivity contribution is -0.105. The number of thiazole rings is 1. The summed E-state index contributed by atoms with van der Waals surface area (Å²) >= 11 is 1.42. The smallest absolute Gasteiger partial charge is 0.321 e. The van der Waals surface area contributed by atoms with Gasteiger partial charge in [0.1, 0.15) is 5.76 Å². The van der Waals surface area contributed by atoms with Crippen LogP contribution in [0.25, 0.3) is 5.57 Å². The number of carbonyl (C=O) groups is 1. The van der Waals surface area contributed by atoms with Crippen LogP contribution in [0.4, 0.5) is 5.13 Å². The number of methoxy groups -OCH3 is 1. The fourth-order valence-electron chi connectivity index (χ4n) is 3.41. The molecule has 1 N–H and O–H groups in total. The molecule has 0 spiro atoms. The van der Waals surface area contributed by atoms with E-state index in [1.807, 2.05) is 5.38 Å². The molecule has 0 radical (unpaired) electrons. The van der Waals surface area contributed by atoms with Gasteiger partial charge in [-0.05, 0) is 25.0 Å². The average Bonchev–Trinajstić information content (AvgIpc) is 3.10. The van der Waals surface area contributed by atoms with Gasteiger partial charge in [-0.1, -0.05) is 26.3 Å². The lowest BCUT2D eigenvalue weighted by Gasteiger charge is -2.34. The van der Waals surface area contributed by atoms with Gasteiger partial charge in [-0.2, -0.15) is 9.97 Å². The van der Waals surface area contributed by atoms with Crippen LogP contribution in [0.15, 0.2) is 35.2 Å². The Kier molecular flexibility index (Phi) is 5.79. The van der Waals surface area contributed by atoms with Gasteiger partial charge in [-0.3, -0.25) is 4.79 Å². The first-order chi connectivity index (χ1) is 13.4. The van der Waals surface area contributed by atoms with Gasteiger partial charge in [-0.15, -0.1) is 11.3 Å². The number of hydrogen-bond donors (Lipinski definition) is 1. The van der Waals surface area contributed by atoms with E-state index in [0.717, 1.165) is 17.9 Å². The quantitative estimate of drug-likeness (QED) is 0.727. The number of rotatable bonds is 6. The van der Waals surface area contributed by atoms with E-state index in [1.54, 1.807) is 19.5 Å². The minimum atomic E-state index is -0.245. The fraction of sp³-hybridized carbons (Fsp3) is 0.400. The molecule has 8 heteroatoms. The summed E-state index contributed by atoms with van der Waals surface area (Å²) < 4.78 is 11.1. The molecule has 0 fully saturated rings. The molecule has 0 aromatic carbocycles. The highest BCUT2D eigenvalue weighted by Crippen LogP contribution is 2.48. The number of nitrogens with zero attached hydrogens (tertiary/aromatic N) is 3. The maximum atomic E-state index is 10.7. The maximum Gasteiger partial charge on any atom is 0.321 e. The van der Waals surface area contributed by atoms with E-state index in [9.17, 15) is 4.79 Å². The highest BCUT2D eigenvalue weighted by molar-refractivity contribution is 7.14. The highest BCUT2D eigenvalue weighted by atomic mass is 32.1. The van der Waals surface area contributed by atoms with Crippen molar-refractivity contribution < 1.29 is 14.3 Å². The van der Waals surface area contributed by atoms with Crippen LogP contribution in [0, 0.1) is 11.3 Å². The number of carbonyl (C=O) groups excluding carboxylic acids is 1. The van der Waals surface area contributed by atoms with Crippen LogP contribution in [0.3, 0.4) is 0 Å². The molecule has 3 rings (SSSR count). The van der Waals surface area contributed by atoms with Gasteiger partial charge in [0.05, 0.1) is 25.2 Å². The van der Waals surface area contributed by atoms with Crippen molar-refractivity contribution in [2.75, 3.05) is 12.4 Å². The molecular weight excluding hydrogens is 376 g/mol. The Morgan fingerprint density at radius 3 is 2.68 bits per heavy atom. The van der Waals surface area contributed by atoms with Crippen molar-refractivity contribution in [1.82, 2.24) is 15.0 Å². The largest absolute Gasteiger partial charge is 0.494 e. The van der Waals surface area contributed by atoms with Crippen LogP contribution in [0.2, 0.25) is 0 Å². The van der Waals surface area contributed by atoms with E-state index in [2.05, 4.69) is 54.0 Å². The standard InChI is InChI=1S/C20H24N4O3S/c1-12-6-7-16(27-18-21-8-14(26-5)9-22-18)13(2)20(3,4)17(12)15-10-28-19(24-15)23-11-25/h7-11,13H,6H2,1-5H3,(H,23,24,25). The van der Waals surface area contributed by atoms with Gasteiger partial charge < -0.3 is 14.8 Å². The van der Waals surface area contributed by atoms with Gasteiger partial charge in [0.2, 0.25) is 6.41 Å². The summed E-state index contributed by atoms with van der Waals surface area (Å²) in [5.41, 5.74) is 3.03. The fourth-order valence-corrected chi connectivity index (χ4v) is 4.07. The van der Waals surface area contributed by atoms with E-state index >= 15 is 0 Å². The minimum Gasteiger partial charge on any atom is -0.494 e. The number of hydrogen-bond acceptors (Lipinski definition) is 7. The van der Waals surface area contributed by atoms with Gasteiger partial charge >= 0.3 is 6.01 Å². The van der Waals surface area contributed by atoms with Gasteiger partial charge in [-0.25, -0.2) is 4.98 Å². The number of allylic oxidation sites excluding steroid dienone is 4. The molecule has 0 saturated heterocycles. The Balaban J connectivity index is 1.89. The van der Waals surface area contributed by atoms with Crippen molar-refractivity contribution in [2.24, 2.45) is 11.3 Å². The van der Waals surface area contributed by atoms with Crippen molar-refractivity contribution in [2.45, 2.75) is 34.1 Å². The van der Waals surface area contributed by atoms with Crippen LogP contribution >= 0.6 is 11.3 Å². The second kappa shape index (κ2) is 8.10. The predicted octanol–water partition coefficient (Wildman–Crippen LogP) is 4.31. The van der Waals surface area contributed by atoms with Gasteiger partial charge in [0.15, 0.2) is 10.9 Å². The summed E-state index contributed by atoms with van der Waals surface area (Å²) in [6, 6.07) is 0.293. The molecule has 2 aromatic rings. The number of ether oxygens (including phenoxy) is 2. The number of aromatic nitrogens is 3. The summed E-state index contributed by atoms with van der Waals surface area (Å²) in [6.07, 6.45) is 6.64. The number of anilines is 1. The molecule has 0 bridgehead atoms. The first-order valence-electron chi connectivity index (χ1n) is 8.97. The van der Waals surface area contributed by atoms with E-state index < -0.39 is 0 Å². The van der Waals surface area contributed by atoms with Crippen LogP contribution in [0.5, 0.6) is 11.8 Å². The zero-order valence-electron chi connectivity index (χ0n) is 16.6. The molecule has 2 heterocycles. The van der Waals surface area contributed by atoms with Crippen molar-refractivity contribution in [1.29, 1.82) is 0 Å². The average molecular weight is 401 g/mol. The molecule has 0 aliphatic heterocycles. The van der Waals surface area contributed by atoms with Crippen molar-refractivity contribution >= 4 is 28.5 Å². The zero-order chi connectivity index (χ0) is 20.3. The van der Waals surface area contributed by atoms with Crippen molar-refractivity contribution in [3.63, 3.8) is 0 Å². The second-order valence-electron chi connectivity index (χ2n) is 7.22. The molecule has 148 valence electrons. The molecule has 2 aromatic heterocycles. The Labute approximate surface area is 168 Å². The summed E-state index contributed by atoms with van der Waals surface area (Å²) in [5, 5.41) is 5.20. The van der Waals surface area contributed by atoms with Gasteiger partial charge in [0, 0.05) is 16.7 Å². The summed E-state index contributed by atoms with van der Waals surface area (Å²) in [7, 11) is 1.57. The second-order valence-corrected chi connectivity index (χ2v) is 8.08. The van der Waals surface area contributed by atoms with E-state index in [4.69, 9.17) is 9.47 Å².